The minimum absolute atomic E-state index is 0.0323. The van der Waals surface area contributed by atoms with Crippen LogP contribution in [0, 0.1) is 10.1 Å². The Labute approximate surface area is 219 Å². The first-order valence-electron chi connectivity index (χ1n) is 12.1. The monoisotopic (exact) mass is 530 g/mol. The van der Waals surface area contributed by atoms with Crippen LogP contribution in [0.5, 0.6) is 0 Å². The van der Waals surface area contributed by atoms with E-state index in [-0.39, 0.29) is 22.9 Å². The molecule has 1 N–H and O–H groups in total. The molecule has 0 unspecified atom stereocenters. The number of nitrogens with one attached hydrogen (secondary N) is 1. The number of hydrogen-bond acceptors (Lipinski definition) is 7. The number of hydrogen-bond donors (Lipinski definition) is 1. The molecule has 2 atom stereocenters. The fraction of sp³-hybridized carbons (Fsp3) is 0.481. The van der Waals surface area contributed by atoms with Gasteiger partial charge in [0.1, 0.15) is 11.7 Å². The Kier molecular flexibility index (Phi) is 9.62. The number of carbonyl (C=O) groups is 2. The molecule has 0 radical (unpaired) electrons. The van der Waals surface area contributed by atoms with E-state index >= 15 is 0 Å². The van der Waals surface area contributed by atoms with Gasteiger partial charge in [0, 0.05) is 12.1 Å². The predicted octanol–water partition coefficient (Wildman–Crippen LogP) is 6.41. The van der Waals surface area contributed by atoms with Crippen molar-refractivity contribution in [1.29, 1.82) is 0 Å². The van der Waals surface area contributed by atoms with Gasteiger partial charge in [-0.15, -0.1) is 0 Å². The SMILES string of the molecule is CC(C)(C)OC(=O)N[C@@H](c1ccccc1)[C@@H](CO[Si](C)(C)C(C)(C)C)OC(=O)c1ccc([N+](=O)[O-])cc1. The lowest BCUT2D eigenvalue weighted by Crippen LogP contribution is -2.47. The molecule has 0 saturated heterocycles. The first kappa shape index (κ1) is 30.0. The fourth-order valence-electron chi connectivity index (χ4n) is 3.12. The quantitative estimate of drug-likeness (QED) is 0.172. The lowest BCUT2D eigenvalue weighted by Gasteiger charge is -2.38. The van der Waals surface area contributed by atoms with E-state index in [0.29, 0.717) is 5.56 Å². The van der Waals surface area contributed by atoms with Gasteiger partial charge in [-0.05, 0) is 56.6 Å². The number of alkyl carbamates (subject to hydrolysis) is 1. The Morgan fingerprint density at radius 1 is 0.973 bits per heavy atom. The number of nitrogens with zero attached hydrogens (tertiary/aromatic N) is 1. The van der Waals surface area contributed by atoms with Gasteiger partial charge >= 0.3 is 12.1 Å². The standard InChI is InChI=1S/C27H38N2O7Si/c1-26(2,3)36-25(31)28-23(19-12-10-9-11-13-19)22(18-34-37(7,8)27(4,5)6)35-24(30)20-14-16-21(17-15-20)29(32)33/h9-17,22-23H,18H2,1-8H3,(H,28,31)/t22-,23+/m1/s1. The maximum absolute atomic E-state index is 13.1. The molecular formula is C27H38N2O7Si. The summed E-state index contributed by atoms with van der Waals surface area (Å²) in [5.41, 5.74) is -0.0164. The predicted molar refractivity (Wildman–Crippen MR) is 144 cm³/mol. The van der Waals surface area contributed by atoms with E-state index in [1.165, 1.54) is 24.3 Å². The zero-order chi connectivity index (χ0) is 28.0. The molecule has 0 aliphatic carbocycles. The summed E-state index contributed by atoms with van der Waals surface area (Å²) in [4.78, 5) is 36.4. The van der Waals surface area contributed by atoms with E-state index in [0.717, 1.165) is 0 Å². The molecule has 9 nitrogen and oxygen atoms in total. The zero-order valence-corrected chi connectivity index (χ0v) is 23.9. The summed E-state index contributed by atoms with van der Waals surface area (Å²) >= 11 is 0. The largest absolute Gasteiger partial charge is 0.454 e. The normalized spacial score (nSPS) is 13.8. The molecule has 0 aromatic heterocycles. The first-order chi connectivity index (χ1) is 17.0. The van der Waals surface area contributed by atoms with Gasteiger partial charge in [0.25, 0.3) is 5.69 Å². The number of esters is 1. The Bertz CT molecular complexity index is 1070. The van der Waals surface area contributed by atoms with Crippen molar-refractivity contribution >= 4 is 26.1 Å². The number of ether oxygens (including phenoxy) is 2. The molecule has 0 heterocycles. The molecule has 0 spiro atoms. The molecule has 2 aromatic carbocycles. The van der Waals surface area contributed by atoms with Crippen LogP contribution in [0.3, 0.4) is 0 Å². The fourth-order valence-corrected chi connectivity index (χ4v) is 4.13. The van der Waals surface area contributed by atoms with Gasteiger partial charge in [-0.25, -0.2) is 9.59 Å². The van der Waals surface area contributed by atoms with Crippen LogP contribution in [0.1, 0.15) is 63.5 Å². The van der Waals surface area contributed by atoms with Crippen LogP contribution >= 0.6 is 0 Å². The summed E-state index contributed by atoms with van der Waals surface area (Å²) in [6.07, 6.45) is -1.57. The van der Waals surface area contributed by atoms with Crippen LogP contribution in [0.2, 0.25) is 18.1 Å². The molecule has 37 heavy (non-hydrogen) atoms. The number of nitro groups is 1. The number of non-ortho nitro benzene ring substituents is 1. The third kappa shape index (κ3) is 8.98. The van der Waals surface area contributed by atoms with Crippen molar-refractivity contribution < 1.29 is 28.4 Å². The van der Waals surface area contributed by atoms with Crippen molar-refractivity contribution in [3.05, 3.63) is 75.8 Å². The summed E-state index contributed by atoms with van der Waals surface area (Å²) in [6.45, 7) is 15.8. The second-order valence-electron chi connectivity index (χ2n) is 11.4. The lowest BCUT2D eigenvalue weighted by atomic mass is 10.0. The van der Waals surface area contributed by atoms with Crippen LogP contribution in [-0.4, -0.2) is 43.6 Å². The van der Waals surface area contributed by atoms with Crippen LogP contribution in [0.15, 0.2) is 54.6 Å². The van der Waals surface area contributed by atoms with Gasteiger partial charge < -0.3 is 19.2 Å². The second-order valence-corrected chi connectivity index (χ2v) is 16.2. The smallest absolute Gasteiger partial charge is 0.408 e. The molecule has 10 heteroatoms. The van der Waals surface area contributed by atoms with Crippen LogP contribution in [0.4, 0.5) is 10.5 Å². The number of benzene rings is 2. The maximum Gasteiger partial charge on any atom is 0.408 e. The molecule has 0 aliphatic heterocycles. The Morgan fingerprint density at radius 2 is 1.54 bits per heavy atom. The lowest BCUT2D eigenvalue weighted by molar-refractivity contribution is -0.384. The molecular weight excluding hydrogens is 492 g/mol. The van der Waals surface area contributed by atoms with Crippen molar-refractivity contribution in [3.63, 3.8) is 0 Å². The topological polar surface area (TPSA) is 117 Å². The zero-order valence-electron chi connectivity index (χ0n) is 22.9. The Balaban J connectivity index is 2.43. The highest BCUT2D eigenvalue weighted by atomic mass is 28.4. The Morgan fingerprint density at radius 3 is 2.03 bits per heavy atom. The second kappa shape index (κ2) is 11.9. The molecule has 202 valence electrons. The number of amides is 1. The highest BCUT2D eigenvalue weighted by Crippen LogP contribution is 2.37. The van der Waals surface area contributed by atoms with Crippen molar-refractivity contribution in [1.82, 2.24) is 5.32 Å². The molecule has 0 fully saturated rings. The highest BCUT2D eigenvalue weighted by molar-refractivity contribution is 6.74. The van der Waals surface area contributed by atoms with Crippen molar-refractivity contribution in [3.8, 4) is 0 Å². The number of rotatable bonds is 9. The highest BCUT2D eigenvalue weighted by Gasteiger charge is 2.39. The van der Waals surface area contributed by atoms with E-state index < -0.39 is 43.1 Å². The van der Waals surface area contributed by atoms with E-state index in [2.05, 4.69) is 39.2 Å². The molecule has 1 amide bonds. The van der Waals surface area contributed by atoms with Crippen LogP contribution in [-0.2, 0) is 13.9 Å². The van der Waals surface area contributed by atoms with Gasteiger partial charge in [0.05, 0.1) is 23.1 Å². The molecule has 2 rings (SSSR count). The third-order valence-electron chi connectivity index (χ3n) is 6.19. The summed E-state index contributed by atoms with van der Waals surface area (Å²) in [5.74, 6) is -0.689. The van der Waals surface area contributed by atoms with Gasteiger partial charge in [-0.2, -0.15) is 0 Å². The van der Waals surface area contributed by atoms with E-state index in [1.54, 1.807) is 20.8 Å². The molecule has 0 saturated carbocycles. The van der Waals surface area contributed by atoms with Crippen LogP contribution in [0.25, 0.3) is 0 Å². The summed E-state index contributed by atoms with van der Waals surface area (Å²) < 4.78 is 17.8. The number of nitro benzene ring substituents is 1. The minimum Gasteiger partial charge on any atom is -0.454 e. The summed E-state index contributed by atoms with van der Waals surface area (Å²) in [7, 11) is -2.25. The van der Waals surface area contributed by atoms with E-state index in [1.807, 2.05) is 30.3 Å². The average Bonchev–Trinajstić information content (AvgIpc) is 2.79. The number of carbonyl (C=O) groups excluding carboxylic acids is 2. The van der Waals surface area contributed by atoms with Crippen molar-refractivity contribution in [2.45, 2.75) is 77.4 Å². The van der Waals surface area contributed by atoms with Crippen LogP contribution < -0.4 is 5.32 Å². The van der Waals surface area contributed by atoms with Gasteiger partial charge in [0.2, 0.25) is 0 Å². The Hall–Kier alpha value is -3.24. The van der Waals surface area contributed by atoms with Crippen molar-refractivity contribution in [2.24, 2.45) is 0 Å². The van der Waals surface area contributed by atoms with E-state index in [9.17, 15) is 19.7 Å². The van der Waals surface area contributed by atoms with Crippen molar-refractivity contribution in [2.75, 3.05) is 6.61 Å². The third-order valence-corrected chi connectivity index (χ3v) is 10.7. The van der Waals surface area contributed by atoms with Gasteiger partial charge in [-0.3, -0.25) is 10.1 Å². The van der Waals surface area contributed by atoms with Gasteiger partial charge in [0.15, 0.2) is 8.32 Å². The molecule has 0 aliphatic rings. The summed E-state index contributed by atoms with van der Waals surface area (Å²) in [6, 6.07) is 13.5. The average molecular weight is 531 g/mol. The van der Waals surface area contributed by atoms with Gasteiger partial charge in [-0.1, -0.05) is 51.1 Å². The summed E-state index contributed by atoms with van der Waals surface area (Å²) in [5, 5.41) is 13.7. The molecule has 0 bridgehead atoms. The maximum atomic E-state index is 13.1. The van der Waals surface area contributed by atoms with E-state index in [4.69, 9.17) is 13.9 Å². The minimum atomic E-state index is -2.25. The molecule has 2 aromatic rings. The first-order valence-corrected chi connectivity index (χ1v) is 15.0.